The van der Waals surface area contributed by atoms with Crippen LogP contribution in [0.4, 0.5) is 22.4 Å². The van der Waals surface area contributed by atoms with Gasteiger partial charge in [0.25, 0.3) is 0 Å². The van der Waals surface area contributed by atoms with E-state index in [-0.39, 0.29) is 25.0 Å². The van der Waals surface area contributed by atoms with Gasteiger partial charge in [0, 0.05) is 12.1 Å². The van der Waals surface area contributed by atoms with Crippen LogP contribution < -0.4 is 26.6 Å². The number of carbonyl (C=O) groups excluding carboxylic acids is 1. The highest BCUT2D eigenvalue weighted by molar-refractivity contribution is 5.74. The molecule has 0 aromatic carbocycles. The maximum absolute atomic E-state index is 13.5. The third-order valence-electron chi connectivity index (χ3n) is 4.66. The fourth-order valence-corrected chi connectivity index (χ4v) is 3.46. The van der Waals surface area contributed by atoms with Gasteiger partial charge in [-0.1, -0.05) is 6.92 Å². The zero-order valence-corrected chi connectivity index (χ0v) is 14.4. The second kappa shape index (κ2) is 8.50. The quantitative estimate of drug-likeness (QED) is 0.488. The van der Waals surface area contributed by atoms with Crippen LogP contribution in [0.15, 0.2) is 0 Å². The number of carbonyl (C=O) groups is 1. The molecule has 1 heterocycles. The number of halogens is 4. The molecule has 2 amide bonds. The first-order valence-corrected chi connectivity index (χ1v) is 8.72. The molecule has 146 valence electrons. The van der Waals surface area contributed by atoms with Crippen LogP contribution in [0.25, 0.3) is 0 Å². The Kier molecular flexibility index (Phi) is 6.86. The van der Waals surface area contributed by atoms with E-state index in [1.807, 2.05) is 13.8 Å². The number of hydrogen-bond donors (Lipinski definition) is 5. The molecular weight excluding hydrogens is 342 g/mol. The van der Waals surface area contributed by atoms with Gasteiger partial charge in [-0.15, -0.1) is 0 Å². The van der Waals surface area contributed by atoms with E-state index in [9.17, 15) is 22.4 Å². The van der Waals surface area contributed by atoms with Gasteiger partial charge in [-0.25, -0.2) is 9.18 Å². The smallest absolute Gasteiger partial charge is 0.335 e. The van der Waals surface area contributed by atoms with E-state index in [1.54, 1.807) is 0 Å². The van der Waals surface area contributed by atoms with E-state index in [4.69, 9.17) is 0 Å². The van der Waals surface area contributed by atoms with Crippen molar-refractivity contribution in [3.05, 3.63) is 0 Å². The van der Waals surface area contributed by atoms with Crippen LogP contribution in [0.2, 0.25) is 0 Å². The molecule has 2 rings (SSSR count). The van der Waals surface area contributed by atoms with E-state index in [0.29, 0.717) is 0 Å². The number of urea groups is 1. The molecule has 0 aromatic rings. The lowest BCUT2D eigenvalue weighted by molar-refractivity contribution is -0.199. The van der Waals surface area contributed by atoms with Crippen LogP contribution in [0.5, 0.6) is 0 Å². The first-order chi connectivity index (χ1) is 11.7. The van der Waals surface area contributed by atoms with Gasteiger partial charge in [0.15, 0.2) is 0 Å². The van der Waals surface area contributed by atoms with Crippen molar-refractivity contribution in [1.82, 2.24) is 26.6 Å². The van der Waals surface area contributed by atoms with Gasteiger partial charge in [0.05, 0.1) is 12.1 Å². The summed E-state index contributed by atoms with van der Waals surface area (Å²) < 4.78 is 52.0. The third-order valence-corrected chi connectivity index (χ3v) is 4.66. The standard InChI is InChI=1S/C15H27F4N5O/c1-3-20-12-6-8(2)21-13(23-12)24-14(25)22-9-4-5-11(16)10(7-9)15(17,18)19/h8-13,20-21,23H,3-7H2,1-2H3,(H2,22,24,25). The summed E-state index contributed by atoms with van der Waals surface area (Å²) in [5.41, 5.74) is 0. The molecule has 2 fully saturated rings. The zero-order valence-electron chi connectivity index (χ0n) is 14.4. The molecule has 10 heteroatoms. The van der Waals surface area contributed by atoms with Crippen molar-refractivity contribution in [3.8, 4) is 0 Å². The van der Waals surface area contributed by atoms with Gasteiger partial charge < -0.3 is 16.0 Å². The van der Waals surface area contributed by atoms with Crippen molar-refractivity contribution in [2.24, 2.45) is 5.92 Å². The van der Waals surface area contributed by atoms with Crippen molar-refractivity contribution in [1.29, 1.82) is 0 Å². The summed E-state index contributed by atoms with van der Waals surface area (Å²) in [4.78, 5) is 12.1. The SMILES string of the molecule is CCNC1CC(C)NC(NC(=O)NC2CCC(F)C(C(F)(F)F)C2)N1. The lowest BCUT2D eigenvalue weighted by Gasteiger charge is -2.37. The van der Waals surface area contributed by atoms with E-state index in [0.717, 1.165) is 13.0 Å². The minimum Gasteiger partial charge on any atom is -0.335 e. The molecule has 0 spiro atoms. The lowest BCUT2D eigenvalue weighted by atomic mass is 9.84. The van der Waals surface area contributed by atoms with E-state index < -0.39 is 43.0 Å². The van der Waals surface area contributed by atoms with Crippen LogP contribution >= 0.6 is 0 Å². The van der Waals surface area contributed by atoms with E-state index >= 15 is 0 Å². The molecular formula is C15H27F4N5O. The highest BCUT2D eigenvalue weighted by atomic mass is 19.4. The zero-order chi connectivity index (χ0) is 18.6. The van der Waals surface area contributed by atoms with Crippen LogP contribution in [0.3, 0.4) is 0 Å². The molecule has 1 aliphatic heterocycles. The maximum atomic E-state index is 13.5. The average molecular weight is 369 g/mol. The van der Waals surface area contributed by atoms with Crippen molar-refractivity contribution < 1.29 is 22.4 Å². The molecule has 6 unspecified atom stereocenters. The largest absolute Gasteiger partial charge is 0.394 e. The normalized spacial score (nSPS) is 36.7. The second-order valence-electron chi connectivity index (χ2n) is 6.81. The summed E-state index contributed by atoms with van der Waals surface area (Å²) in [6, 6.07) is -1.10. The topological polar surface area (TPSA) is 77.2 Å². The average Bonchev–Trinajstić information content (AvgIpc) is 2.47. The molecule has 0 bridgehead atoms. The van der Waals surface area contributed by atoms with Gasteiger partial charge in [-0.2, -0.15) is 13.2 Å². The summed E-state index contributed by atoms with van der Waals surface area (Å²) in [7, 11) is 0. The number of hydrogen-bond acceptors (Lipinski definition) is 4. The molecule has 1 aliphatic carbocycles. The number of alkyl halides is 4. The molecule has 0 aromatic heterocycles. The van der Waals surface area contributed by atoms with E-state index in [2.05, 4.69) is 26.6 Å². The van der Waals surface area contributed by atoms with Crippen molar-refractivity contribution in [2.45, 2.75) is 76.4 Å². The van der Waals surface area contributed by atoms with Gasteiger partial charge in [0.1, 0.15) is 12.5 Å². The Morgan fingerprint density at radius 1 is 1.16 bits per heavy atom. The van der Waals surface area contributed by atoms with Crippen molar-refractivity contribution >= 4 is 6.03 Å². The fraction of sp³-hybridized carbons (Fsp3) is 0.933. The second-order valence-corrected chi connectivity index (χ2v) is 6.81. The third kappa shape index (κ3) is 5.96. The molecule has 2 aliphatic rings. The van der Waals surface area contributed by atoms with Gasteiger partial charge in [-0.3, -0.25) is 10.6 Å². The Hall–Kier alpha value is -1.13. The first-order valence-electron chi connectivity index (χ1n) is 8.72. The van der Waals surface area contributed by atoms with Gasteiger partial charge in [0.2, 0.25) is 0 Å². The molecule has 25 heavy (non-hydrogen) atoms. The Morgan fingerprint density at radius 2 is 1.88 bits per heavy atom. The van der Waals surface area contributed by atoms with Crippen LogP contribution in [0.1, 0.15) is 39.5 Å². The monoisotopic (exact) mass is 369 g/mol. The highest BCUT2D eigenvalue weighted by Crippen LogP contribution is 2.39. The summed E-state index contributed by atoms with van der Waals surface area (Å²) in [5.74, 6) is -2.02. The summed E-state index contributed by atoms with van der Waals surface area (Å²) in [6.07, 6.45) is -6.55. The summed E-state index contributed by atoms with van der Waals surface area (Å²) in [5, 5.41) is 14.7. The number of amides is 2. The molecule has 1 saturated carbocycles. The molecule has 0 radical (unpaired) electrons. The number of rotatable bonds is 4. The number of nitrogens with one attached hydrogen (secondary N) is 5. The Morgan fingerprint density at radius 3 is 2.52 bits per heavy atom. The summed E-state index contributed by atoms with van der Waals surface area (Å²) in [6.45, 7) is 4.73. The lowest BCUT2D eigenvalue weighted by Crippen LogP contribution is -2.68. The predicted molar refractivity (Wildman–Crippen MR) is 85.4 cm³/mol. The Bertz CT molecular complexity index is 450. The van der Waals surface area contributed by atoms with Gasteiger partial charge >= 0.3 is 12.2 Å². The van der Waals surface area contributed by atoms with Crippen molar-refractivity contribution in [3.63, 3.8) is 0 Å². The van der Waals surface area contributed by atoms with Crippen molar-refractivity contribution in [2.75, 3.05) is 6.54 Å². The summed E-state index contributed by atoms with van der Waals surface area (Å²) >= 11 is 0. The van der Waals surface area contributed by atoms with E-state index in [1.165, 1.54) is 0 Å². The molecule has 1 saturated heterocycles. The first kappa shape index (κ1) is 20.2. The molecule has 6 nitrogen and oxygen atoms in total. The maximum Gasteiger partial charge on any atom is 0.394 e. The minimum atomic E-state index is -4.59. The fourth-order valence-electron chi connectivity index (χ4n) is 3.46. The van der Waals surface area contributed by atoms with Crippen LogP contribution in [-0.4, -0.2) is 49.5 Å². The van der Waals surface area contributed by atoms with Crippen LogP contribution in [-0.2, 0) is 0 Å². The predicted octanol–water partition coefficient (Wildman–Crippen LogP) is 1.55. The van der Waals surface area contributed by atoms with Gasteiger partial charge in [-0.05, 0) is 39.2 Å². The Labute approximate surface area is 144 Å². The minimum absolute atomic E-state index is 0.0307. The Balaban J connectivity index is 1.83. The highest BCUT2D eigenvalue weighted by Gasteiger charge is 2.48. The molecule has 5 N–H and O–H groups in total. The molecule has 6 atom stereocenters. The van der Waals surface area contributed by atoms with Crippen LogP contribution in [0, 0.1) is 5.92 Å².